The summed E-state index contributed by atoms with van der Waals surface area (Å²) in [5, 5.41) is 10.8. The average molecular weight is 435 g/mol. The molecule has 1 N–H and O–H groups in total. The summed E-state index contributed by atoms with van der Waals surface area (Å²) in [6.07, 6.45) is 9.49. The van der Waals surface area contributed by atoms with Crippen molar-refractivity contribution < 1.29 is 9.90 Å². The van der Waals surface area contributed by atoms with Crippen LogP contribution in [0, 0.1) is 13.8 Å². The summed E-state index contributed by atoms with van der Waals surface area (Å²) in [5.41, 5.74) is 6.91. The molecule has 0 saturated carbocycles. The average Bonchev–Trinajstić information content (AvgIpc) is 3.27. The number of hydrogen-bond acceptors (Lipinski definition) is 3. The van der Waals surface area contributed by atoms with Crippen molar-refractivity contribution in [2.45, 2.75) is 65.7 Å². The number of aryl methyl sites for hydroxylation is 3. The van der Waals surface area contributed by atoms with Gasteiger partial charge in [0.2, 0.25) is 0 Å². The fraction of sp³-hybridized carbons (Fsp3) is 0.385. The number of carbonyl (C=O) groups is 1. The molecular weight excluding hydrogens is 404 g/mol. The number of unbranched alkanes of at least 4 members (excludes halogenated alkanes) is 1. The molecule has 0 atom stereocenters. The van der Waals surface area contributed by atoms with Gasteiger partial charge in [0.25, 0.3) is 0 Å². The number of aromatic carboxylic acids is 1. The van der Waals surface area contributed by atoms with Crippen LogP contribution in [-0.4, -0.2) is 21.9 Å². The Bertz CT molecular complexity index is 1120. The van der Waals surface area contributed by atoms with Crippen molar-refractivity contribution in [1.29, 1.82) is 0 Å². The van der Waals surface area contributed by atoms with Crippen molar-refractivity contribution in [2.75, 3.05) is 0 Å². The van der Waals surface area contributed by atoms with Crippen LogP contribution in [0.3, 0.4) is 0 Å². The smallest absolute Gasteiger partial charge is 0.339 e. The van der Waals surface area contributed by atoms with E-state index in [4.69, 9.17) is 0 Å². The lowest BCUT2D eigenvalue weighted by atomic mass is 9.95. The van der Waals surface area contributed by atoms with E-state index in [2.05, 4.69) is 46.8 Å². The number of hydrogen-bond donors (Lipinski definition) is 1. The Balaban J connectivity index is 1.65. The minimum atomic E-state index is -0.819. The third kappa shape index (κ3) is 4.38. The Morgan fingerprint density at radius 2 is 1.94 bits per heavy atom. The van der Waals surface area contributed by atoms with Crippen LogP contribution in [0.15, 0.2) is 35.3 Å². The van der Waals surface area contributed by atoms with E-state index in [0.717, 1.165) is 65.3 Å². The topological polar surface area (TPSA) is 54.6 Å². The maximum absolute atomic E-state index is 12.1. The summed E-state index contributed by atoms with van der Waals surface area (Å²) in [4.78, 5) is 18.0. The summed E-state index contributed by atoms with van der Waals surface area (Å²) >= 11 is 1.65. The number of carboxylic acids is 1. The number of benzene rings is 1. The van der Waals surface area contributed by atoms with Crippen LogP contribution < -0.4 is 0 Å². The SMILES string of the molecule is CCCCc1ccc(N=Cc2cc(C)n(-c3sc4c(c3C(=O)O)CCCC4)c2C)cc1. The first-order chi connectivity index (χ1) is 15.0. The van der Waals surface area contributed by atoms with Gasteiger partial charge in [0.1, 0.15) is 5.00 Å². The van der Waals surface area contributed by atoms with E-state index in [9.17, 15) is 9.90 Å². The molecule has 1 aliphatic carbocycles. The van der Waals surface area contributed by atoms with Crippen LogP contribution in [0.2, 0.25) is 0 Å². The minimum Gasteiger partial charge on any atom is -0.478 e. The number of aliphatic imine (C=N–C) groups is 1. The zero-order chi connectivity index (χ0) is 22.0. The Morgan fingerprint density at radius 3 is 2.65 bits per heavy atom. The minimum absolute atomic E-state index is 0.493. The van der Waals surface area contributed by atoms with Gasteiger partial charge in [0.15, 0.2) is 0 Å². The summed E-state index contributed by atoms with van der Waals surface area (Å²) in [6, 6.07) is 10.5. The summed E-state index contributed by atoms with van der Waals surface area (Å²) < 4.78 is 2.10. The highest BCUT2D eigenvalue weighted by atomic mass is 32.1. The van der Waals surface area contributed by atoms with Gasteiger partial charge in [-0.25, -0.2) is 4.79 Å². The standard InChI is InChI=1S/C26H30N2O2S/c1-4-5-8-19-11-13-21(14-12-19)27-16-20-15-17(2)28(18(20)3)25-24(26(29)30)22-9-6-7-10-23(22)31-25/h11-16H,4-10H2,1-3H3,(H,29,30). The number of fused-ring (bicyclic) bond motifs is 1. The van der Waals surface area contributed by atoms with E-state index in [1.165, 1.54) is 23.3 Å². The second-order valence-corrected chi connectivity index (χ2v) is 9.47. The van der Waals surface area contributed by atoms with Gasteiger partial charge < -0.3 is 9.67 Å². The molecule has 31 heavy (non-hydrogen) atoms. The lowest BCUT2D eigenvalue weighted by Gasteiger charge is -2.11. The van der Waals surface area contributed by atoms with Crippen molar-refractivity contribution in [3.05, 3.63) is 68.9 Å². The van der Waals surface area contributed by atoms with E-state index < -0.39 is 5.97 Å². The summed E-state index contributed by atoms with van der Waals surface area (Å²) in [6.45, 7) is 6.30. The quantitative estimate of drug-likeness (QED) is 0.415. The Morgan fingerprint density at radius 1 is 1.19 bits per heavy atom. The van der Waals surface area contributed by atoms with Crippen LogP contribution in [0.1, 0.15) is 75.9 Å². The molecule has 0 saturated heterocycles. The molecule has 4 rings (SSSR count). The molecule has 0 amide bonds. The second-order valence-electron chi connectivity index (χ2n) is 8.39. The van der Waals surface area contributed by atoms with Crippen LogP contribution in [0.5, 0.6) is 0 Å². The number of aromatic nitrogens is 1. The van der Waals surface area contributed by atoms with Crippen molar-refractivity contribution in [2.24, 2.45) is 4.99 Å². The molecule has 2 aromatic heterocycles. The molecule has 4 nitrogen and oxygen atoms in total. The summed E-state index contributed by atoms with van der Waals surface area (Å²) in [7, 11) is 0. The fourth-order valence-corrected chi connectivity index (χ4v) is 5.93. The van der Waals surface area contributed by atoms with Crippen LogP contribution in [0.25, 0.3) is 5.00 Å². The molecule has 162 valence electrons. The van der Waals surface area contributed by atoms with Crippen LogP contribution >= 0.6 is 11.3 Å². The zero-order valence-corrected chi connectivity index (χ0v) is 19.4. The maximum Gasteiger partial charge on any atom is 0.339 e. The van der Waals surface area contributed by atoms with E-state index in [0.29, 0.717) is 5.56 Å². The van der Waals surface area contributed by atoms with Crippen molar-refractivity contribution in [3.63, 3.8) is 0 Å². The number of thiophene rings is 1. The number of rotatable bonds is 7. The molecule has 1 aromatic carbocycles. The van der Waals surface area contributed by atoms with Crippen molar-refractivity contribution in [3.8, 4) is 5.00 Å². The molecule has 0 bridgehead atoms. The molecule has 5 heteroatoms. The van der Waals surface area contributed by atoms with Gasteiger partial charge in [-0.05, 0) is 81.7 Å². The van der Waals surface area contributed by atoms with Crippen molar-refractivity contribution >= 4 is 29.2 Å². The normalized spacial score (nSPS) is 13.6. The Hall–Kier alpha value is -2.66. The van der Waals surface area contributed by atoms with Gasteiger partial charge in [-0.15, -0.1) is 11.3 Å². The van der Waals surface area contributed by atoms with Gasteiger partial charge in [0.05, 0.1) is 11.3 Å². The maximum atomic E-state index is 12.1. The molecule has 2 heterocycles. The predicted octanol–water partition coefficient (Wildman–Crippen LogP) is 6.83. The first-order valence-corrected chi connectivity index (χ1v) is 12.0. The molecule has 0 aliphatic heterocycles. The van der Waals surface area contributed by atoms with Crippen LogP contribution in [-0.2, 0) is 19.3 Å². The van der Waals surface area contributed by atoms with E-state index in [-0.39, 0.29) is 0 Å². The molecule has 0 unspecified atom stereocenters. The highest BCUT2D eigenvalue weighted by Gasteiger charge is 2.27. The zero-order valence-electron chi connectivity index (χ0n) is 18.6. The Labute approximate surface area is 188 Å². The highest BCUT2D eigenvalue weighted by molar-refractivity contribution is 7.15. The lowest BCUT2D eigenvalue weighted by molar-refractivity contribution is 0.0696. The second kappa shape index (κ2) is 9.23. The first kappa shape index (κ1) is 21.6. The van der Waals surface area contributed by atoms with Gasteiger partial charge in [-0.2, -0.15) is 0 Å². The summed E-state index contributed by atoms with van der Waals surface area (Å²) in [5.74, 6) is -0.819. The molecule has 0 spiro atoms. The molecule has 3 aromatic rings. The molecular formula is C26H30N2O2S. The highest BCUT2D eigenvalue weighted by Crippen LogP contribution is 2.38. The van der Waals surface area contributed by atoms with E-state index in [1.807, 2.05) is 20.1 Å². The fourth-order valence-electron chi connectivity index (χ4n) is 4.43. The Kier molecular flexibility index (Phi) is 6.42. The first-order valence-electron chi connectivity index (χ1n) is 11.2. The van der Waals surface area contributed by atoms with Crippen LogP contribution in [0.4, 0.5) is 5.69 Å². The predicted molar refractivity (Wildman–Crippen MR) is 129 cm³/mol. The monoisotopic (exact) mass is 434 g/mol. The van der Waals surface area contributed by atoms with Gasteiger partial charge >= 0.3 is 5.97 Å². The molecule has 0 radical (unpaired) electrons. The van der Waals surface area contributed by atoms with Gasteiger partial charge in [-0.3, -0.25) is 4.99 Å². The van der Waals surface area contributed by atoms with E-state index >= 15 is 0 Å². The third-order valence-corrected chi connectivity index (χ3v) is 7.42. The van der Waals surface area contributed by atoms with Gasteiger partial charge in [-0.1, -0.05) is 25.5 Å². The van der Waals surface area contributed by atoms with Gasteiger partial charge in [0, 0.05) is 28.0 Å². The lowest BCUT2D eigenvalue weighted by Crippen LogP contribution is -2.09. The molecule has 0 fully saturated rings. The molecule has 1 aliphatic rings. The number of nitrogens with zero attached hydrogens (tertiary/aromatic N) is 2. The number of carboxylic acid groups (broad SMARTS) is 1. The van der Waals surface area contributed by atoms with E-state index in [1.54, 1.807) is 11.3 Å². The van der Waals surface area contributed by atoms with Crippen molar-refractivity contribution in [1.82, 2.24) is 4.57 Å². The largest absolute Gasteiger partial charge is 0.478 e. The third-order valence-electron chi connectivity index (χ3n) is 6.15.